The number of anilines is 2. The van der Waals surface area contributed by atoms with Crippen LogP contribution in [-0.4, -0.2) is 14.9 Å². The Morgan fingerprint density at radius 3 is 2.16 bits per heavy atom. The normalized spacial score (nSPS) is 10.3. The molecule has 0 saturated carbocycles. The number of hydrogen-bond acceptors (Lipinski definition) is 6. The maximum atomic E-state index is 11.5. The highest BCUT2D eigenvalue weighted by Gasteiger charge is 2.25. The zero-order valence-electron chi connectivity index (χ0n) is 12.5. The van der Waals surface area contributed by atoms with Crippen LogP contribution in [0.15, 0.2) is 63.8 Å². The van der Waals surface area contributed by atoms with E-state index in [4.69, 9.17) is 4.74 Å². The molecule has 0 bridgehead atoms. The Morgan fingerprint density at radius 2 is 1.56 bits per heavy atom. The van der Waals surface area contributed by atoms with Gasteiger partial charge >= 0.3 is 11.6 Å². The second-order valence-corrected chi connectivity index (χ2v) is 6.65. The second kappa shape index (κ2) is 7.58. The minimum Gasteiger partial charge on any atom is -0.434 e. The third-order valence-corrected chi connectivity index (χ3v) is 4.16. The topological polar surface area (TPSA) is 90.2 Å². The van der Waals surface area contributed by atoms with Gasteiger partial charge in [-0.2, -0.15) is 4.98 Å². The van der Waals surface area contributed by atoms with E-state index >= 15 is 0 Å². The molecule has 0 saturated heterocycles. The van der Waals surface area contributed by atoms with Crippen LogP contribution < -0.4 is 10.1 Å². The van der Waals surface area contributed by atoms with Gasteiger partial charge in [-0.05, 0) is 48.5 Å². The van der Waals surface area contributed by atoms with E-state index in [1.165, 1.54) is 6.33 Å². The van der Waals surface area contributed by atoms with E-state index in [9.17, 15) is 10.1 Å². The molecule has 126 valence electrons. The maximum Gasteiger partial charge on any atom is 0.373 e. The van der Waals surface area contributed by atoms with Crippen LogP contribution in [0.4, 0.5) is 17.2 Å². The number of nitro groups is 1. The number of halogens is 2. The Balaban J connectivity index is 1.94. The number of ether oxygens (including phenoxy) is 1. The molecule has 3 rings (SSSR count). The summed E-state index contributed by atoms with van der Waals surface area (Å²) in [4.78, 5) is 18.8. The first-order valence-electron chi connectivity index (χ1n) is 6.98. The standard InChI is InChI=1S/C16H10Br2N4O3/c17-10-1-5-12(6-2-10)21-15-14(22(23)24)16(20-9-19-15)25-13-7-3-11(18)4-8-13/h1-9H,(H,19,20,21). The van der Waals surface area contributed by atoms with E-state index in [0.29, 0.717) is 11.4 Å². The van der Waals surface area contributed by atoms with Gasteiger partial charge in [-0.1, -0.05) is 31.9 Å². The Hall–Kier alpha value is -2.52. The van der Waals surface area contributed by atoms with Crippen LogP contribution in [-0.2, 0) is 0 Å². The largest absolute Gasteiger partial charge is 0.434 e. The van der Waals surface area contributed by atoms with Gasteiger partial charge in [0.25, 0.3) is 0 Å². The maximum absolute atomic E-state index is 11.5. The Morgan fingerprint density at radius 1 is 0.960 bits per heavy atom. The molecule has 9 heteroatoms. The van der Waals surface area contributed by atoms with Gasteiger partial charge in [0, 0.05) is 14.6 Å². The van der Waals surface area contributed by atoms with Crippen molar-refractivity contribution in [2.75, 3.05) is 5.32 Å². The molecule has 0 fully saturated rings. The van der Waals surface area contributed by atoms with Crippen LogP contribution in [0.2, 0.25) is 0 Å². The molecule has 0 aliphatic rings. The van der Waals surface area contributed by atoms with Crippen LogP contribution in [0.5, 0.6) is 11.6 Å². The molecule has 1 N–H and O–H groups in total. The SMILES string of the molecule is O=[N+]([O-])c1c(Nc2ccc(Br)cc2)ncnc1Oc1ccc(Br)cc1. The van der Waals surface area contributed by atoms with Crippen molar-refractivity contribution in [3.8, 4) is 11.6 Å². The van der Waals surface area contributed by atoms with Crippen LogP contribution in [0.3, 0.4) is 0 Å². The molecule has 2 aromatic carbocycles. The summed E-state index contributed by atoms with van der Waals surface area (Å²) in [7, 11) is 0. The summed E-state index contributed by atoms with van der Waals surface area (Å²) in [5.41, 5.74) is 0.313. The fraction of sp³-hybridized carbons (Fsp3) is 0. The molecule has 0 amide bonds. The molecule has 1 heterocycles. The molecule has 25 heavy (non-hydrogen) atoms. The van der Waals surface area contributed by atoms with Crippen LogP contribution in [0.1, 0.15) is 0 Å². The van der Waals surface area contributed by atoms with E-state index < -0.39 is 4.92 Å². The molecule has 0 unspecified atom stereocenters. The van der Waals surface area contributed by atoms with E-state index in [1.54, 1.807) is 36.4 Å². The molecular formula is C16H10Br2N4O3. The molecule has 0 radical (unpaired) electrons. The summed E-state index contributed by atoms with van der Waals surface area (Å²) < 4.78 is 7.33. The van der Waals surface area contributed by atoms with Crippen molar-refractivity contribution < 1.29 is 9.66 Å². The van der Waals surface area contributed by atoms with Crippen molar-refractivity contribution in [1.82, 2.24) is 9.97 Å². The minimum atomic E-state index is -0.574. The monoisotopic (exact) mass is 464 g/mol. The van der Waals surface area contributed by atoms with Crippen molar-refractivity contribution in [2.45, 2.75) is 0 Å². The summed E-state index contributed by atoms with van der Waals surface area (Å²) >= 11 is 6.66. The predicted octanol–water partition coefficient (Wildman–Crippen LogP) is 5.45. The zero-order valence-corrected chi connectivity index (χ0v) is 15.7. The lowest BCUT2D eigenvalue weighted by Crippen LogP contribution is -2.03. The zero-order chi connectivity index (χ0) is 17.8. The first kappa shape index (κ1) is 17.3. The van der Waals surface area contributed by atoms with Crippen molar-refractivity contribution in [3.63, 3.8) is 0 Å². The summed E-state index contributed by atoms with van der Waals surface area (Å²) in [5, 5.41) is 14.4. The first-order valence-corrected chi connectivity index (χ1v) is 8.57. The molecule has 7 nitrogen and oxygen atoms in total. The van der Waals surface area contributed by atoms with Gasteiger partial charge in [-0.15, -0.1) is 0 Å². The van der Waals surface area contributed by atoms with Crippen LogP contribution in [0, 0.1) is 10.1 Å². The van der Waals surface area contributed by atoms with Gasteiger partial charge in [0.1, 0.15) is 12.1 Å². The highest BCUT2D eigenvalue weighted by Crippen LogP contribution is 2.35. The summed E-state index contributed by atoms with van der Waals surface area (Å²) in [6, 6.07) is 14.1. The molecule has 0 atom stereocenters. The van der Waals surface area contributed by atoms with E-state index in [-0.39, 0.29) is 17.4 Å². The van der Waals surface area contributed by atoms with Gasteiger partial charge in [0.05, 0.1) is 4.92 Å². The minimum absolute atomic E-state index is 0.0504. The first-order chi connectivity index (χ1) is 12.0. The third kappa shape index (κ3) is 4.31. The lowest BCUT2D eigenvalue weighted by Gasteiger charge is -2.09. The Bertz CT molecular complexity index is 837. The second-order valence-electron chi connectivity index (χ2n) is 4.82. The molecular weight excluding hydrogens is 456 g/mol. The van der Waals surface area contributed by atoms with Crippen molar-refractivity contribution in [2.24, 2.45) is 0 Å². The number of hydrogen-bond donors (Lipinski definition) is 1. The number of nitrogens with zero attached hydrogens (tertiary/aromatic N) is 3. The number of nitrogens with one attached hydrogen (secondary N) is 1. The lowest BCUT2D eigenvalue weighted by atomic mass is 10.3. The Kier molecular flexibility index (Phi) is 5.25. The molecule has 0 spiro atoms. The summed E-state index contributed by atoms with van der Waals surface area (Å²) in [6.45, 7) is 0. The van der Waals surface area contributed by atoms with Crippen molar-refractivity contribution >= 4 is 49.1 Å². The van der Waals surface area contributed by atoms with Gasteiger partial charge in [0.2, 0.25) is 5.82 Å². The smallest absolute Gasteiger partial charge is 0.373 e. The highest BCUT2D eigenvalue weighted by molar-refractivity contribution is 9.10. The quantitative estimate of drug-likeness (QED) is 0.398. The van der Waals surface area contributed by atoms with Crippen LogP contribution >= 0.6 is 31.9 Å². The van der Waals surface area contributed by atoms with E-state index in [2.05, 4.69) is 47.1 Å². The molecule has 3 aromatic rings. The van der Waals surface area contributed by atoms with Gasteiger partial charge in [-0.25, -0.2) is 4.98 Å². The van der Waals surface area contributed by atoms with Gasteiger partial charge < -0.3 is 10.1 Å². The fourth-order valence-corrected chi connectivity index (χ4v) is 2.51. The Labute approximate surface area is 159 Å². The fourth-order valence-electron chi connectivity index (χ4n) is 1.98. The number of rotatable bonds is 5. The summed E-state index contributed by atoms with van der Waals surface area (Å²) in [6.07, 6.45) is 1.21. The van der Waals surface area contributed by atoms with Crippen molar-refractivity contribution in [3.05, 3.63) is 73.9 Å². The molecule has 0 aliphatic carbocycles. The van der Waals surface area contributed by atoms with Gasteiger partial charge in [-0.3, -0.25) is 10.1 Å². The molecule has 0 aliphatic heterocycles. The third-order valence-electron chi connectivity index (χ3n) is 3.11. The highest BCUT2D eigenvalue weighted by atomic mass is 79.9. The average Bonchev–Trinajstić information content (AvgIpc) is 2.59. The van der Waals surface area contributed by atoms with E-state index in [0.717, 1.165) is 8.95 Å². The predicted molar refractivity (Wildman–Crippen MR) is 100 cm³/mol. The van der Waals surface area contributed by atoms with Gasteiger partial charge in [0.15, 0.2) is 0 Å². The average molecular weight is 466 g/mol. The van der Waals surface area contributed by atoms with Crippen LogP contribution in [0.25, 0.3) is 0 Å². The molecule has 1 aromatic heterocycles. The number of aromatic nitrogens is 2. The van der Waals surface area contributed by atoms with Crippen molar-refractivity contribution in [1.29, 1.82) is 0 Å². The van der Waals surface area contributed by atoms with E-state index in [1.807, 2.05) is 12.1 Å². The summed E-state index contributed by atoms with van der Waals surface area (Å²) in [5.74, 6) is 0.343. The number of benzene rings is 2. The lowest BCUT2D eigenvalue weighted by molar-refractivity contribution is -0.385.